The molecule has 2 saturated heterocycles. The second kappa shape index (κ2) is 9.31. The predicted octanol–water partition coefficient (Wildman–Crippen LogP) is 0.508. The topological polar surface area (TPSA) is 59.1 Å². The standard InChI is InChI=1S/C19H36N4O2/c1-16(19(25)20-17-4-2-3-5-17)22-8-6-18(7-9-22)23-12-10-21(11-13-23)14-15-24/h16-18,24H,2-15H2,1H3,(H,20,25). The van der Waals surface area contributed by atoms with E-state index in [2.05, 4.69) is 26.9 Å². The van der Waals surface area contributed by atoms with Crippen LogP contribution in [0.3, 0.4) is 0 Å². The van der Waals surface area contributed by atoms with E-state index in [1.807, 2.05) is 0 Å². The van der Waals surface area contributed by atoms with Gasteiger partial charge in [0.25, 0.3) is 0 Å². The third-order valence-electron chi connectivity index (χ3n) is 6.47. The van der Waals surface area contributed by atoms with E-state index in [4.69, 9.17) is 5.11 Å². The minimum Gasteiger partial charge on any atom is -0.395 e. The lowest BCUT2D eigenvalue weighted by atomic mass is 10.0. The molecular formula is C19H36N4O2. The average molecular weight is 353 g/mol. The number of nitrogens with zero attached hydrogens (tertiary/aromatic N) is 3. The molecule has 2 heterocycles. The van der Waals surface area contributed by atoms with Gasteiger partial charge in [0.05, 0.1) is 12.6 Å². The SMILES string of the molecule is CC(C(=O)NC1CCCC1)N1CCC(N2CCN(CCO)CC2)CC1. The van der Waals surface area contributed by atoms with Gasteiger partial charge in [0, 0.05) is 57.9 Å². The van der Waals surface area contributed by atoms with Gasteiger partial charge in [-0.05, 0) is 32.6 Å². The molecule has 1 saturated carbocycles. The molecule has 0 aromatic heterocycles. The Labute approximate surface area is 152 Å². The third kappa shape index (κ3) is 5.16. The van der Waals surface area contributed by atoms with Crippen molar-refractivity contribution in [3.63, 3.8) is 0 Å². The Morgan fingerprint density at radius 3 is 2.28 bits per heavy atom. The van der Waals surface area contributed by atoms with E-state index in [9.17, 15) is 4.79 Å². The molecule has 0 spiro atoms. The molecule has 2 N–H and O–H groups in total. The Bertz CT molecular complexity index is 412. The van der Waals surface area contributed by atoms with Gasteiger partial charge in [-0.2, -0.15) is 0 Å². The van der Waals surface area contributed by atoms with Crippen molar-refractivity contribution in [2.45, 2.75) is 63.6 Å². The first-order valence-electron chi connectivity index (χ1n) is 10.3. The van der Waals surface area contributed by atoms with Gasteiger partial charge in [0.2, 0.25) is 5.91 Å². The Morgan fingerprint density at radius 1 is 1.04 bits per heavy atom. The van der Waals surface area contributed by atoms with E-state index in [0.717, 1.165) is 58.7 Å². The molecule has 25 heavy (non-hydrogen) atoms. The van der Waals surface area contributed by atoms with Crippen molar-refractivity contribution in [3.05, 3.63) is 0 Å². The summed E-state index contributed by atoms with van der Waals surface area (Å²) in [6.45, 7) is 9.56. The Morgan fingerprint density at radius 2 is 1.68 bits per heavy atom. The van der Waals surface area contributed by atoms with Gasteiger partial charge < -0.3 is 10.4 Å². The van der Waals surface area contributed by atoms with Crippen LogP contribution in [0.15, 0.2) is 0 Å². The molecule has 3 aliphatic rings. The number of carbonyl (C=O) groups is 1. The average Bonchev–Trinajstić information content (AvgIpc) is 3.15. The van der Waals surface area contributed by atoms with E-state index in [1.54, 1.807) is 0 Å². The van der Waals surface area contributed by atoms with Crippen LogP contribution in [0.5, 0.6) is 0 Å². The van der Waals surface area contributed by atoms with Gasteiger partial charge in [0.1, 0.15) is 0 Å². The lowest BCUT2D eigenvalue weighted by Crippen LogP contribution is -2.56. The summed E-state index contributed by atoms with van der Waals surface area (Å²) in [5, 5.41) is 12.3. The van der Waals surface area contributed by atoms with Gasteiger partial charge in [0.15, 0.2) is 0 Å². The maximum Gasteiger partial charge on any atom is 0.237 e. The Balaban J connectivity index is 1.38. The molecule has 0 bridgehead atoms. The number of hydrogen-bond acceptors (Lipinski definition) is 5. The zero-order chi connectivity index (χ0) is 17.6. The summed E-state index contributed by atoms with van der Waals surface area (Å²) in [5.41, 5.74) is 0. The molecule has 2 aliphatic heterocycles. The number of piperidine rings is 1. The smallest absolute Gasteiger partial charge is 0.237 e. The van der Waals surface area contributed by atoms with Crippen LogP contribution >= 0.6 is 0 Å². The molecular weight excluding hydrogens is 316 g/mol. The van der Waals surface area contributed by atoms with Crippen molar-refractivity contribution in [1.29, 1.82) is 0 Å². The Kier molecular flexibility index (Phi) is 7.10. The van der Waals surface area contributed by atoms with Crippen LogP contribution < -0.4 is 5.32 Å². The van der Waals surface area contributed by atoms with Crippen molar-refractivity contribution >= 4 is 5.91 Å². The molecule has 0 radical (unpaired) electrons. The lowest BCUT2D eigenvalue weighted by Gasteiger charge is -2.43. The number of amides is 1. The molecule has 1 amide bonds. The number of piperazine rings is 1. The summed E-state index contributed by atoms with van der Waals surface area (Å²) in [4.78, 5) is 19.8. The summed E-state index contributed by atoms with van der Waals surface area (Å²) >= 11 is 0. The van der Waals surface area contributed by atoms with E-state index >= 15 is 0 Å². The molecule has 1 atom stereocenters. The lowest BCUT2D eigenvalue weighted by molar-refractivity contribution is -0.127. The highest BCUT2D eigenvalue weighted by Crippen LogP contribution is 2.21. The van der Waals surface area contributed by atoms with E-state index in [-0.39, 0.29) is 18.6 Å². The van der Waals surface area contributed by atoms with Crippen LogP contribution in [-0.4, -0.2) is 96.3 Å². The van der Waals surface area contributed by atoms with Gasteiger partial charge in [-0.15, -0.1) is 0 Å². The fourth-order valence-electron chi connectivity index (χ4n) is 4.69. The van der Waals surface area contributed by atoms with Crippen molar-refractivity contribution < 1.29 is 9.90 Å². The molecule has 1 aliphatic carbocycles. The highest BCUT2D eigenvalue weighted by atomic mass is 16.3. The molecule has 0 aromatic carbocycles. The van der Waals surface area contributed by atoms with E-state index in [1.165, 1.54) is 25.7 Å². The summed E-state index contributed by atoms with van der Waals surface area (Å²) in [5.74, 6) is 0.225. The number of aliphatic hydroxyl groups excluding tert-OH is 1. The number of hydrogen-bond donors (Lipinski definition) is 2. The third-order valence-corrected chi connectivity index (χ3v) is 6.47. The first-order chi connectivity index (χ1) is 12.2. The van der Waals surface area contributed by atoms with Crippen molar-refractivity contribution in [2.24, 2.45) is 0 Å². The van der Waals surface area contributed by atoms with Crippen LogP contribution in [0, 0.1) is 0 Å². The number of aliphatic hydroxyl groups is 1. The van der Waals surface area contributed by atoms with Crippen molar-refractivity contribution in [1.82, 2.24) is 20.0 Å². The first kappa shape index (κ1) is 19.1. The maximum absolute atomic E-state index is 12.5. The van der Waals surface area contributed by atoms with Gasteiger partial charge in [-0.3, -0.25) is 19.5 Å². The highest BCUT2D eigenvalue weighted by Gasteiger charge is 2.31. The summed E-state index contributed by atoms with van der Waals surface area (Å²) in [6.07, 6.45) is 7.17. The zero-order valence-electron chi connectivity index (χ0n) is 15.8. The largest absolute Gasteiger partial charge is 0.395 e. The van der Waals surface area contributed by atoms with Crippen LogP contribution in [0.1, 0.15) is 45.4 Å². The Hall–Kier alpha value is -0.690. The first-order valence-corrected chi connectivity index (χ1v) is 10.3. The molecule has 0 aromatic rings. The van der Waals surface area contributed by atoms with Crippen molar-refractivity contribution in [3.8, 4) is 0 Å². The van der Waals surface area contributed by atoms with Crippen molar-refractivity contribution in [2.75, 3.05) is 52.4 Å². The zero-order valence-corrected chi connectivity index (χ0v) is 15.8. The summed E-state index contributed by atoms with van der Waals surface area (Å²) in [7, 11) is 0. The molecule has 1 unspecified atom stereocenters. The maximum atomic E-state index is 12.5. The molecule has 6 nitrogen and oxygen atoms in total. The van der Waals surface area contributed by atoms with Crippen LogP contribution in [-0.2, 0) is 4.79 Å². The minimum absolute atomic E-state index is 0.00273. The minimum atomic E-state index is 0.00273. The number of carbonyl (C=O) groups excluding carboxylic acids is 1. The van der Waals surface area contributed by atoms with Crippen LogP contribution in [0.4, 0.5) is 0 Å². The number of nitrogens with one attached hydrogen (secondary N) is 1. The predicted molar refractivity (Wildman–Crippen MR) is 99.6 cm³/mol. The van der Waals surface area contributed by atoms with Crippen LogP contribution in [0.2, 0.25) is 0 Å². The number of β-amino-alcohol motifs (C(OH)–C–C–N with tert-alkyl or cyclic N) is 1. The normalized spacial score (nSPS) is 26.8. The van der Waals surface area contributed by atoms with Gasteiger partial charge in [-0.1, -0.05) is 12.8 Å². The molecule has 3 fully saturated rings. The fraction of sp³-hybridized carbons (Fsp3) is 0.947. The number of likely N-dealkylation sites (tertiary alicyclic amines) is 1. The molecule has 3 rings (SSSR count). The molecule has 6 heteroatoms. The number of rotatable bonds is 6. The second-order valence-electron chi connectivity index (χ2n) is 8.03. The second-order valence-corrected chi connectivity index (χ2v) is 8.03. The van der Waals surface area contributed by atoms with Gasteiger partial charge in [-0.25, -0.2) is 0 Å². The van der Waals surface area contributed by atoms with E-state index < -0.39 is 0 Å². The summed E-state index contributed by atoms with van der Waals surface area (Å²) < 4.78 is 0. The van der Waals surface area contributed by atoms with Gasteiger partial charge >= 0.3 is 0 Å². The molecule has 144 valence electrons. The van der Waals surface area contributed by atoms with E-state index in [0.29, 0.717) is 12.1 Å². The quantitative estimate of drug-likeness (QED) is 0.729. The highest BCUT2D eigenvalue weighted by molar-refractivity contribution is 5.81. The van der Waals surface area contributed by atoms with Crippen LogP contribution in [0.25, 0.3) is 0 Å². The summed E-state index contributed by atoms with van der Waals surface area (Å²) in [6, 6.07) is 1.09. The monoisotopic (exact) mass is 352 g/mol. The fourth-order valence-corrected chi connectivity index (χ4v) is 4.69.